The predicted molar refractivity (Wildman–Crippen MR) is 124 cm³/mol. The molecule has 1 aliphatic carbocycles. The molecule has 0 spiro atoms. The molecule has 2 aromatic rings. The third kappa shape index (κ3) is 4.86. The van der Waals surface area contributed by atoms with E-state index in [0.717, 1.165) is 32.4 Å². The second kappa shape index (κ2) is 9.65. The van der Waals surface area contributed by atoms with Gasteiger partial charge >= 0.3 is 0 Å². The maximum atomic E-state index is 12.8. The molecule has 1 heterocycles. The Morgan fingerprint density at radius 1 is 1.03 bits per heavy atom. The number of carbonyl (C=O) groups excluding carboxylic acids is 1. The van der Waals surface area contributed by atoms with E-state index < -0.39 is 0 Å². The molecule has 160 valence electrons. The predicted octanol–water partition coefficient (Wildman–Crippen LogP) is 4.55. The standard InChI is InChI=1S/C26H35N3O/c1-28(2)24-14-12-21(13-15-24)25(18-27-26(30)22-9-4-3-5-10-22)29-17-16-20-8-6-7-11-23(20)19-29/h6-8,11-15,22,25H,3-5,9-10,16-19H2,1-2H3,(H,27,30)/t25-/m1/s1. The highest BCUT2D eigenvalue weighted by Gasteiger charge is 2.27. The summed E-state index contributed by atoms with van der Waals surface area (Å²) in [4.78, 5) is 17.5. The minimum atomic E-state index is 0.196. The van der Waals surface area contributed by atoms with Crippen molar-refractivity contribution in [3.8, 4) is 0 Å². The monoisotopic (exact) mass is 405 g/mol. The SMILES string of the molecule is CN(C)c1ccc([C@@H](CNC(=O)C2CCCCC2)N2CCc3ccccc3C2)cc1. The molecule has 0 aromatic heterocycles. The molecule has 4 heteroatoms. The van der Waals surface area contributed by atoms with Gasteiger partial charge in [-0.15, -0.1) is 0 Å². The zero-order chi connectivity index (χ0) is 20.9. The second-order valence-corrected chi connectivity index (χ2v) is 9.07. The smallest absolute Gasteiger partial charge is 0.223 e. The molecule has 1 atom stereocenters. The van der Waals surface area contributed by atoms with E-state index in [9.17, 15) is 4.79 Å². The van der Waals surface area contributed by atoms with Gasteiger partial charge in [0, 0.05) is 45.3 Å². The number of carbonyl (C=O) groups is 1. The molecular weight excluding hydrogens is 370 g/mol. The highest BCUT2D eigenvalue weighted by molar-refractivity contribution is 5.78. The fraction of sp³-hybridized carbons (Fsp3) is 0.500. The molecule has 4 rings (SSSR count). The van der Waals surface area contributed by atoms with Crippen molar-refractivity contribution in [3.63, 3.8) is 0 Å². The number of hydrogen-bond acceptors (Lipinski definition) is 3. The van der Waals surface area contributed by atoms with Gasteiger partial charge in [-0.3, -0.25) is 9.69 Å². The number of nitrogens with zero attached hydrogens (tertiary/aromatic N) is 2. The normalized spacial score (nSPS) is 18.5. The number of benzene rings is 2. The van der Waals surface area contributed by atoms with Crippen molar-refractivity contribution in [1.82, 2.24) is 10.2 Å². The number of amides is 1. The number of fused-ring (bicyclic) bond motifs is 1. The van der Waals surface area contributed by atoms with E-state index in [1.165, 1.54) is 41.6 Å². The third-order valence-corrected chi connectivity index (χ3v) is 6.84. The summed E-state index contributed by atoms with van der Waals surface area (Å²) < 4.78 is 0. The third-order valence-electron chi connectivity index (χ3n) is 6.84. The van der Waals surface area contributed by atoms with E-state index in [4.69, 9.17) is 0 Å². The van der Waals surface area contributed by atoms with Crippen LogP contribution in [-0.4, -0.2) is 38.0 Å². The highest BCUT2D eigenvalue weighted by Crippen LogP contribution is 2.29. The summed E-state index contributed by atoms with van der Waals surface area (Å²) in [6.45, 7) is 2.64. The molecule has 0 radical (unpaired) electrons. The van der Waals surface area contributed by atoms with Crippen molar-refractivity contribution in [3.05, 3.63) is 65.2 Å². The first-order valence-corrected chi connectivity index (χ1v) is 11.5. The molecule has 2 aromatic carbocycles. The van der Waals surface area contributed by atoms with Crippen LogP contribution in [0, 0.1) is 5.92 Å². The van der Waals surface area contributed by atoms with Gasteiger partial charge in [-0.05, 0) is 48.1 Å². The molecule has 1 fully saturated rings. The topological polar surface area (TPSA) is 35.6 Å². The minimum Gasteiger partial charge on any atom is -0.378 e. The van der Waals surface area contributed by atoms with Gasteiger partial charge in [-0.25, -0.2) is 0 Å². The summed E-state index contributed by atoms with van der Waals surface area (Å²) in [6, 6.07) is 17.8. The van der Waals surface area contributed by atoms with Crippen LogP contribution in [0.3, 0.4) is 0 Å². The van der Waals surface area contributed by atoms with Crippen molar-refractivity contribution in [2.45, 2.75) is 51.1 Å². The number of nitrogens with one attached hydrogen (secondary N) is 1. The lowest BCUT2D eigenvalue weighted by Gasteiger charge is -2.36. The lowest BCUT2D eigenvalue weighted by Crippen LogP contribution is -2.42. The first-order valence-electron chi connectivity index (χ1n) is 11.5. The van der Waals surface area contributed by atoms with Gasteiger partial charge in [0.15, 0.2) is 0 Å². The maximum Gasteiger partial charge on any atom is 0.223 e. The average Bonchev–Trinajstić information content (AvgIpc) is 2.80. The van der Waals surface area contributed by atoms with Gasteiger partial charge in [0.1, 0.15) is 0 Å². The quantitative estimate of drug-likeness (QED) is 0.766. The highest BCUT2D eigenvalue weighted by atomic mass is 16.1. The first-order chi connectivity index (χ1) is 14.6. The van der Waals surface area contributed by atoms with E-state index in [1.54, 1.807) is 0 Å². The Bertz CT molecular complexity index is 840. The van der Waals surface area contributed by atoms with Crippen LogP contribution in [0.2, 0.25) is 0 Å². The average molecular weight is 406 g/mol. The van der Waals surface area contributed by atoms with E-state index >= 15 is 0 Å². The van der Waals surface area contributed by atoms with E-state index in [2.05, 4.69) is 77.7 Å². The van der Waals surface area contributed by atoms with Gasteiger partial charge in [-0.2, -0.15) is 0 Å². The maximum absolute atomic E-state index is 12.8. The molecule has 4 nitrogen and oxygen atoms in total. The summed E-state index contributed by atoms with van der Waals surface area (Å²) in [5, 5.41) is 3.32. The Morgan fingerprint density at radius 2 is 1.73 bits per heavy atom. The Hall–Kier alpha value is -2.33. The zero-order valence-electron chi connectivity index (χ0n) is 18.4. The summed E-state index contributed by atoms with van der Waals surface area (Å²) in [5.41, 5.74) is 5.36. The number of anilines is 1. The summed E-state index contributed by atoms with van der Waals surface area (Å²) in [6.07, 6.45) is 6.82. The molecule has 1 aliphatic heterocycles. The molecule has 0 saturated heterocycles. The summed E-state index contributed by atoms with van der Waals surface area (Å²) >= 11 is 0. The molecule has 30 heavy (non-hydrogen) atoms. The van der Waals surface area contributed by atoms with Crippen LogP contribution in [0.1, 0.15) is 54.8 Å². The van der Waals surface area contributed by atoms with Crippen LogP contribution in [-0.2, 0) is 17.8 Å². The van der Waals surface area contributed by atoms with Crippen LogP contribution in [0.25, 0.3) is 0 Å². The number of rotatable bonds is 6. The van der Waals surface area contributed by atoms with Crippen molar-refractivity contribution in [2.24, 2.45) is 5.92 Å². The van der Waals surface area contributed by atoms with E-state index in [0.29, 0.717) is 6.54 Å². The van der Waals surface area contributed by atoms with Crippen LogP contribution < -0.4 is 10.2 Å². The van der Waals surface area contributed by atoms with E-state index in [-0.39, 0.29) is 17.9 Å². The van der Waals surface area contributed by atoms with Crippen molar-refractivity contribution in [2.75, 3.05) is 32.1 Å². The van der Waals surface area contributed by atoms with Gasteiger partial charge in [0.05, 0.1) is 6.04 Å². The Balaban J connectivity index is 1.51. The van der Waals surface area contributed by atoms with E-state index in [1.807, 2.05) is 0 Å². The van der Waals surface area contributed by atoms with Crippen molar-refractivity contribution < 1.29 is 4.79 Å². The molecule has 0 bridgehead atoms. The Labute approximate surface area is 181 Å². The first kappa shape index (κ1) is 20.9. The lowest BCUT2D eigenvalue weighted by molar-refractivity contribution is -0.126. The summed E-state index contributed by atoms with van der Waals surface area (Å²) in [5.74, 6) is 0.458. The van der Waals surface area contributed by atoms with Crippen molar-refractivity contribution in [1.29, 1.82) is 0 Å². The Morgan fingerprint density at radius 3 is 2.43 bits per heavy atom. The molecule has 1 saturated carbocycles. The van der Waals surface area contributed by atoms with Crippen molar-refractivity contribution >= 4 is 11.6 Å². The number of hydrogen-bond donors (Lipinski definition) is 1. The fourth-order valence-electron chi connectivity index (χ4n) is 4.94. The zero-order valence-corrected chi connectivity index (χ0v) is 18.4. The van der Waals surface area contributed by atoms with Crippen LogP contribution >= 0.6 is 0 Å². The molecule has 1 N–H and O–H groups in total. The van der Waals surface area contributed by atoms with Crippen LogP contribution in [0.15, 0.2) is 48.5 Å². The molecular formula is C26H35N3O. The lowest BCUT2D eigenvalue weighted by atomic mass is 9.88. The largest absolute Gasteiger partial charge is 0.378 e. The molecule has 0 unspecified atom stereocenters. The fourth-order valence-corrected chi connectivity index (χ4v) is 4.94. The van der Waals surface area contributed by atoms with Gasteiger partial charge < -0.3 is 10.2 Å². The second-order valence-electron chi connectivity index (χ2n) is 9.07. The summed E-state index contributed by atoms with van der Waals surface area (Å²) in [7, 11) is 4.14. The van der Waals surface area contributed by atoms with Crippen LogP contribution in [0.4, 0.5) is 5.69 Å². The molecule has 2 aliphatic rings. The Kier molecular flexibility index (Phi) is 6.73. The van der Waals surface area contributed by atoms with Crippen LogP contribution in [0.5, 0.6) is 0 Å². The van der Waals surface area contributed by atoms with Gasteiger partial charge in [0.2, 0.25) is 5.91 Å². The van der Waals surface area contributed by atoms with Gasteiger partial charge in [0.25, 0.3) is 0 Å². The molecule has 1 amide bonds. The minimum absolute atomic E-state index is 0.196. The van der Waals surface area contributed by atoms with Gasteiger partial charge in [-0.1, -0.05) is 55.7 Å².